The Morgan fingerprint density at radius 2 is 1.58 bits per heavy atom. The van der Waals surface area contributed by atoms with Crippen LogP contribution < -0.4 is 4.90 Å². The fraction of sp³-hybridized carbons (Fsp3) is 0.381. The van der Waals surface area contributed by atoms with Crippen LogP contribution in [0.5, 0.6) is 0 Å². The Bertz CT molecular complexity index is 633. The Labute approximate surface area is 144 Å². The van der Waals surface area contributed by atoms with Crippen LogP contribution in [0.4, 0.5) is 5.69 Å². The SMILES string of the molecule is CC(=O)N(C1CCN(CCc2ccccc2)CC1)[13c]1[13cH][13cH][13cH][13cH][13cH]1. The highest BCUT2D eigenvalue weighted by Crippen LogP contribution is 2.24. The van der Waals surface area contributed by atoms with E-state index in [4.69, 9.17) is 0 Å². The number of amides is 1. The lowest BCUT2D eigenvalue weighted by Crippen LogP contribution is -2.47. The van der Waals surface area contributed by atoms with Gasteiger partial charge in [0, 0.05) is 38.3 Å². The summed E-state index contributed by atoms with van der Waals surface area (Å²) in [5.41, 5.74) is 2.42. The maximum absolute atomic E-state index is 12.1. The highest BCUT2D eigenvalue weighted by molar-refractivity contribution is 5.92. The zero-order chi connectivity index (χ0) is 16.8. The third kappa shape index (κ3) is 4.24. The summed E-state index contributed by atoms with van der Waals surface area (Å²) in [6.45, 7) is 4.90. The minimum absolute atomic E-state index is 0.143. The summed E-state index contributed by atoms with van der Waals surface area (Å²) in [6, 6.07) is 21.0. The molecule has 1 aliphatic heterocycles. The first-order chi connectivity index (χ1) is 11.7. The van der Waals surface area contributed by atoms with Gasteiger partial charge in [-0.2, -0.15) is 0 Å². The van der Waals surface area contributed by atoms with E-state index in [2.05, 4.69) is 35.2 Å². The number of anilines is 1. The van der Waals surface area contributed by atoms with Gasteiger partial charge in [-0.25, -0.2) is 0 Å². The zero-order valence-electron chi connectivity index (χ0n) is 14.4. The van der Waals surface area contributed by atoms with Crippen LogP contribution in [0.2, 0.25) is 0 Å². The second-order valence-corrected chi connectivity index (χ2v) is 6.53. The number of carbonyl (C=O) groups is 1. The minimum atomic E-state index is 0.143. The fourth-order valence-corrected chi connectivity index (χ4v) is 3.57. The second kappa shape index (κ2) is 8.11. The molecule has 3 nitrogen and oxygen atoms in total. The van der Waals surface area contributed by atoms with E-state index in [1.165, 1.54) is 5.56 Å². The Balaban J connectivity index is 1.54. The maximum atomic E-state index is 12.1. The van der Waals surface area contributed by atoms with Gasteiger partial charge < -0.3 is 9.80 Å². The summed E-state index contributed by atoms with van der Waals surface area (Å²) < 4.78 is 0. The van der Waals surface area contributed by atoms with Crippen LogP contribution in [0.3, 0.4) is 0 Å². The molecule has 0 spiro atoms. The summed E-state index contributed by atoms with van der Waals surface area (Å²) in [5.74, 6) is 0.143. The van der Waals surface area contributed by atoms with Gasteiger partial charge in [0.05, 0.1) is 0 Å². The lowest BCUT2D eigenvalue weighted by molar-refractivity contribution is -0.117. The second-order valence-electron chi connectivity index (χ2n) is 6.53. The van der Waals surface area contributed by atoms with Crippen molar-refractivity contribution in [3.05, 3.63) is 66.2 Å². The summed E-state index contributed by atoms with van der Waals surface area (Å²) >= 11 is 0. The van der Waals surface area contributed by atoms with E-state index in [9.17, 15) is 4.79 Å². The number of likely N-dealkylation sites (tertiary alicyclic amines) is 1. The molecule has 2 aromatic carbocycles. The topological polar surface area (TPSA) is 23.6 Å². The van der Waals surface area contributed by atoms with Crippen LogP contribution >= 0.6 is 0 Å². The molecule has 0 atom stereocenters. The summed E-state index contributed by atoms with van der Waals surface area (Å²) in [7, 11) is 0. The smallest absolute Gasteiger partial charge is 0.224 e. The number of benzene rings is 2. The normalized spacial score (nSPS) is 16.0. The Hall–Kier alpha value is -2.13. The highest BCUT2D eigenvalue weighted by Gasteiger charge is 2.27. The molecule has 0 unspecified atom stereocenters. The van der Waals surface area contributed by atoms with Crippen molar-refractivity contribution in [2.24, 2.45) is 0 Å². The van der Waals surface area contributed by atoms with Gasteiger partial charge in [-0.05, 0) is 37.0 Å². The third-order valence-corrected chi connectivity index (χ3v) is 4.86. The molecule has 24 heavy (non-hydrogen) atoms. The van der Waals surface area contributed by atoms with E-state index in [1.807, 2.05) is 35.2 Å². The maximum Gasteiger partial charge on any atom is 0.224 e. The molecule has 1 saturated heterocycles. The monoisotopic (exact) mass is 328 g/mol. The van der Waals surface area contributed by atoms with E-state index >= 15 is 0 Å². The van der Waals surface area contributed by atoms with Gasteiger partial charge in [0.2, 0.25) is 5.91 Å². The van der Waals surface area contributed by atoms with Crippen molar-refractivity contribution in [2.75, 3.05) is 24.5 Å². The average Bonchev–Trinajstić information content (AvgIpc) is 2.63. The molecule has 2 aromatic rings. The third-order valence-electron chi connectivity index (χ3n) is 4.86. The van der Waals surface area contributed by atoms with Gasteiger partial charge >= 0.3 is 0 Å². The van der Waals surface area contributed by atoms with Gasteiger partial charge in [-0.15, -0.1) is 0 Å². The van der Waals surface area contributed by atoms with Gasteiger partial charge in [-0.1, -0.05) is 48.5 Å². The van der Waals surface area contributed by atoms with Crippen LogP contribution in [-0.4, -0.2) is 36.5 Å². The number of para-hydroxylation sites is 1. The molecule has 1 amide bonds. The van der Waals surface area contributed by atoms with Crippen molar-refractivity contribution in [3.63, 3.8) is 0 Å². The van der Waals surface area contributed by atoms with Gasteiger partial charge in [0.1, 0.15) is 0 Å². The van der Waals surface area contributed by atoms with Crippen molar-refractivity contribution in [3.8, 4) is 0 Å². The number of hydrogen-bond donors (Lipinski definition) is 0. The lowest BCUT2D eigenvalue weighted by atomic mass is 10.0. The van der Waals surface area contributed by atoms with Crippen molar-refractivity contribution < 1.29 is 4.79 Å². The minimum Gasteiger partial charge on any atom is -0.310 e. The van der Waals surface area contributed by atoms with Crippen LogP contribution in [0.1, 0.15) is 25.3 Å². The molecule has 1 heterocycles. The predicted octanol–water partition coefficient (Wildman–Crippen LogP) is 3.75. The molecule has 0 saturated carbocycles. The standard InChI is InChI=1S/C21H26N2O/c1-18(24)23(20-10-6-3-7-11-20)21-13-16-22(17-14-21)15-12-19-8-4-2-5-9-19/h2-11,21H,12-17H2,1H3/i3+1,6+1,7+1,10+1,11+1,20+1. The first-order valence-corrected chi connectivity index (χ1v) is 8.85. The van der Waals surface area contributed by atoms with Crippen molar-refractivity contribution >= 4 is 11.6 Å². The first kappa shape index (κ1) is 16.7. The number of nitrogens with zero attached hydrogens (tertiary/aromatic N) is 2. The Kier molecular flexibility index (Phi) is 5.65. The highest BCUT2D eigenvalue weighted by atomic mass is 16.2. The number of rotatable bonds is 5. The zero-order valence-corrected chi connectivity index (χ0v) is 14.4. The molecule has 0 N–H and O–H groups in total. The number of hydrogen-bond acceptors (Lipinski definition) is 2. The first-order valence-electron chi connectivity index (χ1n) is 8.85. The summed E-state index contributed by atoms with van der Waals surface area (Å²) in [6.07, 6.45) is 3.19. The molecular formula is C21H26N2O. The van der Waals surface area contributed by atoms with E-state index in [-0.39, 0.29) is 5.91 Å². The Morgan fingerprint density at radius 1 is 1.00 bits per heavy atom. The van der Waals surface area contributed by atoms with E-state index in [1.54, 1.807) is 6.92 Å². The Morgan fingerprint density at radius 3 is 2.17 bits per heavy atom. The molecule has 1 fully saturated rings. The fourth-order valence-electron chi connectivity index (χ4n) is 3.57. The molecule has 3 rings (SSSR count). The van der Waals surface area contributed by atoms with Crippen molar-refractivity contribution in [1.82, 2.24) is 4.90 Å². The quantitative estimate of drug-likeness (QED) is 0.834. The van der Waals surface area contributed by atoms with E-state index in [0.717, 1.165) is 44.6 Å². The molecule has 126 valence electrons. The molecule has 0 radical (unpaired) electrons. The summed E-state index contributed by atoms with van der Waals surface area (Å²) in [4.78, 5) is 16.6. The van der Waals surface area contributed by atoms with E-state index < -0.39 is 0 Å². The average molecular weight is 328 g/mol. The molecule has 1 aliphatic rings. The molecule has 3 heteroatoms. The van der Waals surface area contributed by atoms with Crippen LogP contribution in [0, 0.1) is 0 Å². The molecule has 0 bridgehead atoms. The van der Waals surface area contributed by atoms with Crippen LogP contribution in [-0.2, 0) is 11.2 Å². The molecule has 0 aliphatic carbocycles. The summed E-state index contributed by atoms with van der Waals surface area (Å²) in [5, 5.41) is 0. The van der Waals surface area contributed by atoms with Crippen molar-refractivity contribution in [2.45, 2.75) is 32.2 Å². The van der Waals surface area contributed by atoms with Gasteiger partial charge in [0.25, 0.3) is 0 Å². The van der Waals surface area contributed by atoms with E-state index in [0.29, 0.717) is 6.04 Å². The number of carbonyl (C=O) groups excluding carboxylic acids is 1. The van der Waals surface area contributed by atoms with Crippen molar-refractivity contribution in [1.29, 1.82) is 0 Å². The molecular weight excluding hydrogens is 302 g/mol. The molecule has 0 aromatic heterocycles. The lowest BCUT2D eigenvalue weighted by Gasteiger charge is -2.38. The van der Waals surface area contributed by atoms with Gasteiger partial charge in [0.15, 0.2) is 0 Å². The van der Waals surface area contributed by atoms with Crippen LogP contribution in [0.25, 0.3) is 0 Å². The predicted molar refractivity (Wildman–Crippen MR) is 99.2 cm³/mol. The number of piperidine rings is 1. The van der Waals surface area contributed by atoms with Crippen LogP contribution in [0.15, 0.2) is 60.7 Å². The largest absolute Gasteiger partial charge is 0.310 e. The van der Waals surface area contributed by atoms with Gasteiger partial charge in [-0.3, -0.25) is 4.79 Å².